The van der Waals surface area contributed by atoms with Crippen molar-refractivity contribution in [1.82, 2.24) is 29.1 Å². The van der Waals surface area contributed by atoms with Crippen molar-refractivity contribution in [2.45, 2.75) is 0 Å². The Labute approximate surface area is 174 Å². The second-order valence-corrected chi connectivity index (χ2v) is 7.18. The maximum absolute atomic E-state index is 12.6. The molecule has 142 valence electrons. The number of imidazole rings is 1. The van der Waals surface area contributed by atoms with Gasteiger partial charge in [-0.1, -0.05) is 47.5 Å². The van der Waals surface area contributed by atoms with Crippen LogP contribution in [0.4, 0.5) is 0 Å². The van der Waals surface area contributed by atoms with Gasteiger partial charge in [-0.2, -0.15) is 5.10 Å². The summed E-state index contributed by atoms with van der Waals surface area (Å²) in [5.74, 6) is 0.374. The quantitative estimate of drug-likeness (QED) is 0.471. The number of aromatic nitrogens is 6. The first kappa shape index (κ1) is 17.7. The van der Waals surface area contributed by atoms with Gasteiger partial charge in [0.15, 0.2) is 5.65 Å². The van der Waals surface area contributed by atoms with E-state index >= 15 is 0 Å². The first-order valence-corrected chi connectivity index (χ1v) is 9.39. The van der Waals surface area contributed by atoms with E-state index < -0.39 is 5.69 Å². The van der Waals surface area contributed by atoms with Gasteiger partial charge >= 0.3 is 5.69 Å². The number of aromatic amines is 1. The fourth-order valence-electron chi connectivity index (χ4n) is 3.21. The molecule has 0 aliphatic heterocycles. The van der Waals surface area contributed by atoms with Crippen LogP contribution in [0.2, 0.25) is 10.0 Å². The molecule has 5 rings (SSSR count). The Hall–Kier alpha value is -3.42. The monoisotopic (exact) mass is 422 g/mol. The van der Waals surface area contributed by atoms with Crippen molar-refractivity contribution in [3.63, 3.8) is 0 Å². The van der Waals surface area contributed by atoms with Crippen LogP contribution in [-0.2, 0) is 0 Å². The molecule has 0 saturated heterocycles. The van der Waals surface area contributed by atoms with Gasteiger partial charge in [-0.05, 0) is 29.8 Å². The summed E-state index contributed by atoms with van der Waals surface area (Å²) in [6.07, 6.45) is 4.91. The zero-order valence-corrected chi connectivity index (χ0v) is 16.3. The fraction of sp³-hybridized carbons (Fsp3) is 0. The van der Waals surface area contributed by atoms with Gasteiger partial charge < -0.3 is 0 Å². The third kappa shape index (κ3) is 3.00. The molecule has 0 amide bonds. The Balaban J connectivity index is 1.92. The van der Waals surface area contributed by atoms with Crippen LogP contribution >= 0.6 is 23.2 Å². The molecule has 0 fully saturated rings. The highest BCUT2D eigenvalue weighted by Gasteiger charge is 2.21. The Morgan fingerprint density at radius 2 is 1.55 bits per heavy atom. The minimum absolute atomic E-state index is 0.374. The molecule has 3 aromatic heterocycles. The molecule has 0 unspecified atom stereocenters. The SMILES string of the molecule is O=c1[nH]nc2c(-c3ccc(Cl)cc3)c(-c3ccc(Cl)cc3)nc(-n3ccnc3)n12. The van der Waals surface area contributed by atoms with Gasteiger partial charge in [-0.15, -0.1) is 0 Å². The average molecular weight is 423 g/mol. The highest BCUT2D eigenvalue weighted by atomic mass is 35.5. The molecule has 3 heterocycles. The van der Waals surface area contributed by atoms with Gasteiger partial charge in [-0.25, -0.2) is 24.3 Å². The molecule has 0 saturated carbocycles. The summed E-state index contributed by atoms with van der Waals surface area (Å²) in [5.41, 5.74) is 3.06. The van der Waals surface area contributed by atoms with Crippen LogP contribution < -0.4 is 5.69 Å². The molecule has 0 aliphatic carbocycles. The van der Waals surface area contributed by atoms with Crippen molar-refractivity contribution in [1.29, 1.82) is 0 Å². The van der Waals surface area contributed by atoms with Gasteiger partial charge in [0.2, 0.25) is 5.95 Å². The van der Waals surface area contributed by atoms with Crippen molar-refractivity contribution in [3.8, 4) is 28.3 Å². The summed E-state index contributed by atoms with van der Waals surface area (Å²) in [6, 6.07) is 14.7. The van der Waals surface area contributed by atoms with Crippen LogP contribution in [0.25, 0.3) is 34.0 Å². The maximum atomic E-state index is 12.6. The molecule has 29 heavy (non-hydrogen) atoms. The lowest BCUT2D eigenvalue weighted by atomic mass is 10.00. The van der Waals surface area contributed by atoms with Crippen LogP contribution in [0.1, 0.15) is 0 Å². The highest BCUT2D eigenvalue weighted by Crippen LogP contribution is 2.35. The summed E-state index contributed by atoms with van der Waals surface area (Å²) < 4.78 is 3.08. The van der Waals surface area contributed by atoms with Crippen molar-refractivity contribution in [2.75, 3.05) is 0 Å². The molecule has 5 aromatic rings. The van der Waals surface area contributed by atoms with E-state index in [0.29, 0.717) is 32.9 Å². The predicted molar refractivity (Wildman–Crippen MR) is 112 cm³/mol. The lowest BCUT2D eigenvalue weighted by Gasteiger charge is -2.14. The second kappa shape index (κ2) is 6.88. The number of fused-ring (bicyclic) bond motifs is 1. The number of hydrogen-bond acceptors (Lipinski definition) is 4. The molecule has 7 nitrogen and oxygen atoms in total. The topological polar surface area (TPSA) is 80.9 Å². The molecular formula is C20H12Cl2N6O. The smallest absolute Gasteiger partial charge is 0.275 e. The molecule has 0 bridgehead atoms. The molecule has 0 spiro atoms. The molecule has 2 aromatic carbocycles. The van der Waals surface area contributed by atoms with E-state index in [9.17, 15) is 4.79 Å². The second-order valence-electron chi connectivity index (χ2n) is 6.31. The minimum Gasteiger partial charge on any atom is -0.275 e. The summed E-state index contributed by atoms with van der Waals surface area (Å²) in [5, 5.41) is 8.04. The highest BCUT2D eigenvalue weighted by molar-refractivity contribution is 6.31. The number of halogens is 2. The Kier molecular flexibility index (Phi) is 4.19. The first-order chi connectivity index (χ1) is 14.1. The normalized spacial score (nSPS) is 11.2. The third-order valence-electron chi connectivity index (χ3n) is 4.53. The number of nitrogens with one attached hydrogen (secondary N) is 1. The number of nitrogens with zero attached hydrogens (tertiary/aromatic N) is 5. The number of hydrogen-bond donors (Lipinski definition) is 1. The van der Waals surface area contributed by atoms with Crippen LogP contribution in [-0.4, -0.2) is 29.1 Å². The number of benzene rings is 2. The maximum Gasteiger partial charge on any atom is 0.350 e. The zero-order chi connectivity index (χ0) is 20.0. The summed E-state index contributed by atoms with van der Waals surface area (Å²) in [4.78, 5) is 21.5. The predicted octanol–water partition coefficient (Wildman–Crippen LogP) is 4.24. The zero-order valence-electron chi connectivity index (χ0n) is 14.8. The Bertz CT molecular complexity index is 1370. The summed E-state index contributed by atoms with van der Waals surface area (Å²) in [6.45, 7) is 0. The number of rotatable bonds is 3. The molecule has 0 aliphatic rings. The van der Waals surface area contributed by atoms with Crippen LogP contribution in [0.15, 0.2) is 72.0 Å². The van der Waals surface area contributed by atoms with E-state index in [2.05, 4.69) is 15.2 Å². The van der Waals surface area contributed by atoms with Crippen LogP contribution in [0.5, 0.6) is 0 Å². The van der Waals surface area contributed by atoms with E-state index in [1.807, 2.05) is 24.3 Å². The Morgan fingerprint density at radius 3 is 2.17 bits per heavy atom. The van der Waals surface area contributed by atoms with Crippen LogP contribution in [0, 0.1) is 0 Å². The summed E-state index contributed by atoms with van der Waals surface area (Å²) in [7, 11) is 0. The lowest BCUT2D eigenvalue weighted by Crippen LogP contribution is -2.17. The first-order valence-electron chi connectivity index (χ1n) is 8.63. The van der Waals surface area contributed by atoms with E-state index in [1.165, 1.54) is 4.40 Å². The van der Waals surface area contributed by atoms with Crippen molar-refractivity contribution >= 4 is 28.8 Å². The average Bonchev–Trinajstić information content (AvgIpc) is 3.39. The number of H-pyrrole nitrogens is 1. The van der Waals surface area contributed by atoms with Gasteiger partial charge in [0.05, 0.1) is 11.3 Å². The van der Waals surface area contributed by atoms with E-state index in [-0.39, 0.29) is 0 Å². The van der Waals surface area contributed by atoms with Gasteiger partial charge in [0.25, 0.3) is 0 Å². The van der Waals surface area contributed by atoms with E-state index in [0.717, 1.165) is 11.1 Å². The molecule has 1 N–H and O–H groups in total. The Morgan fingerprint density at radius 1 is 0.897 bits per heavy atom. The van der Waals surface area contributed by atoms with E-state index in [4.69, 9.17) is 28.2 Å². The fourth-order valence-corrected chi connectivity index (χ4v) is 3.46. The minimum atomic E-state index is -0.394. The van der Waals surface area contributed by atoms with E-state index in [1.54, 1.807) is 47.6 Å². The third-order valence-corrected chi connectivity index (χ3v) is 5.03. The van der Waals surface area contributed by atoms with Gasteiger partial charge in [-0.3, -0.25) is 4.57 Å². The molecule has 9 heteroatoms. The van der Waals surface area contributed by atoms with Crippen molar-refractivity contribution in [3.05, 3.63) is 87.8 Å². The van der Waals surface area contributed by atoms with Crippen molar-refractivity contribution < 1.29 is 0 Å². The largest absolute Gasteiger partial charge is 0.350 e. The standard InChI is InChI=1S/C20H12Cl2N6O/c21-14-5-1-12(2-6-14)16-17(13-3-7-15(22)8-4-13)24-19(27-10-9-23-11-27)28-18(16)25-26-20(28)29/h1-11H,(H,26,29). The molecule has 0 atom stereocenters. The molecular weight excluding hydrogens is 411 g/mol. The molecule has 0 radical (unpaired) electrons. The van der Waals surface area contributed by atoms with Gasteiger partial charge in [0, 0.05) is 28.0 Å². The van der Waals surface area contributed by atoms with Crippen LogP contribution in [0.3, 0.4) is 0 Å². The van der Waals surface area contributed by atoms with Gasteiger partial charge in [0.1, 0.15) is 6.33 Å². The summed E-state index contributed by atoms with van der Waals surface area (Å²) >= 11 is 12.1. The van der Waals surface area contributed by atoms with Crippen molar-refractivity contribution in [2.24, 2.45) is 0 Å². The lowest BCUT2D eigenvalue weighted by molar-refractivity contribution is 0.872.